The summed E-state index contributed by atoms with van der Waals surface area (Å²) < 4.78 is 1.78. The standard InChI is InChI=1S/C16H16ClN3O2.BrH/c17-14-3-4-15-12(10-14)5-7-20(15)18-16(22)13-2-1-6-19(11-13)8-9-21;/h1-4,6,10-11,21H,5,7-9H2;1H. The van der Waals surface area contributed by atoms with Gasteiger partial charge in [-0.3, -0.25) is 15.2 Å². The molecule has 5 nitrogen and oxygen atoms in total. The number of hydrogen-bond acceptors (Lipinski definition) is 3. The summed E-state index contributed by atoms with van der Waals surface area (Å²) in [5.74, 6) is -0.171. The molecule has 7 heteroatoms. The molecule has 2 N–H and O–H groups in total. The van der Waals surface area contributed by atoms with Crippen molar-refractivity contribution < 1.29 is 31.4 Å². The van der Waals surface area contributed by atoms with Gasteiger partial charge in [-0.05, 0) is 36.2 Å². The van der Waals surface area contributed by atoms with Gasteiger partial charge in [0.25, 0.3) is 5.91 Å². The number of carbonyl (C=O) groups is 1. The fourth-order valence-corrected chi connectivity index (χ4v) is 2.78. The molecule has 3 rings (SSSR count). The molecule has 0 aliphatic carbocycles. The number of carbonyl (C=O) groups excluding carboxylic acids is 1. The number of amides is 1. The number of hydrazine groups is 1. The third-order valence-corrected chi connectivity index (χ3v) is 3.89. The van der Waals surface area contributed by atoms with E-state index in [1.807, 2.05) is 29.4 Å². The Morgan fingerprint density at radius 1 is 1.39 bits per heavy atom. The number of nitrogens with one attached hydrogen (secondary N) is 1. The summed E-state index contributed by atoms with van der Waals surface area (Å²) in [5.41, 5.74) is 5.59. The van der Waals surface area contributed by atoms with Crippen molar-refractivity contribution in [2.24, 2.45) is 0 Å². The molecule has 2 aromatic rings. The van der Waals surface area contributed by atoms with Crippen molar-refractivity contribution in [2.75, 3.05) is 18.2 Å². The lowest BCUT2D eigenvalue weighted by atomic mass is 10.2. The van der Waals surface area contributed by atoms with Crippen LogP contribution in [0, 0.1) is 0 Å². The zero-order valence-corrected chi connectivity index (χ0v) is 14.7. The summed E-state index contributed by atoms with van der Waals surface area (Å²) in [5, 5.41) is 11.5. The van der Waals surface area contributed by atoms with Gasteiger partial charge in [-0.25, -0.2) is 4.57 Å². The summed E-state index contributed by atoms with van der Waals surface area (Å²) >= 11 is 5.99. The van der Waals surface area contributed by atoms with Crippen LogP contribution in [0.4, 0.5) is 5.69 Å². The first-order valence-corrected chi connectivity index (χ1v) is 7.52. The Kier molecular flexibility index (Phi) is 5.98. The average molecular weight is 399 g/mol. The summed E-state index contributed by atoms with van der Waals surface area (Å²) in [6, 6.07) is 9.22. The SMILES string of the molecule is O=C(NN1CCc2cc(Cl)ccc21)c1ccc[n+](CCO)c1.[Br-]. The van der Waals surface area contributed by atoms with Crippen LogP contribution < -0.4 is 32.0 Å². The molecule has 0 saturated carbocycles. The molecule has 1 aromatic carbocycles. The third kappa shape index (κ3) is 4.02. The van der Waals surface area contributed by atoms with Crippen LogP contribution in [0.2, 0.25) is 5.02 Å². The van der Waals surface area contributed by atoms with Gasteiger partial charge < -0.3 is 22.1 Å². The van der Waals surface area contributed by atoms with Crippen LogP contribution in [0.25, 0.3) is 0 Å². The molecule has 0 saturated heterocycles. The van der Waals surface area contributed by atoms with Crippen molar-refractivity contribution in [2.45, 2.75) is 13.0 Å². The number of pyridine rings is 1. The molecule has 122 valence electrons. The monoisotopic (exact) mass is 397 g/mol. The van der Waals surface area contributed by atoms with E-state index in [1.165, 1.54) is 0 Å². The molecule has 0 bridgehead atoms. The molecule has 1 amide bonds. The molecule has 0 spiro atoms. The minimum Gasteiger partial charge on any atom is -1.00 e. The molecule has 1 aromatic heterocycles. The predicted molar refractivity (Wildman–Crippen MR) is 83.7 cm³/mol. The van der Waals surface area contributed by atoms with E-state index in [1.54, 1.807) is 22.9 Å². The van der Waals surface area contributed by atoms with Crippen LogP contribution in [-0.2, 0) is 13.0 Å². The first kappa shape index (κ1) is 17.7. The van der Waals surface area contributed by atoms with Gasteiger partial charge in [-0.15, -0.1) is 0 Å². The fraction of sp³-hybridized carbons (Fsp3) is 0.250. The van der Waals surface area contributed by atoms with Gasteiger partial charge >= 0.3 is 0 Å². The molecule has 0 atom stereocenters. The highest BCUT2D eigenvalue weighted by atomic mass is 79.9. The van der Waals surface area contributed by atoms with E-state index in [4.69, 9.17) is 16.7 Å². The highest BCUT2D eigenvalue weighted by Gasteiger charge is 2.22. The number of fused-ring (bicyclic) bond motifs is 1. The van der Waals surface area contributed by atoms with Crippen LogP contribution in [0.1, 0.15) is 15.9 Å². The first-order valence-electron chi connectivity index (χ1n) is 7.14. The Labute approximate surface area is 150 Å². The summed E-state index contributed by atoms with van der Waals surface area (Å²) in [4.78, 5) is 12.4. The Morgan fingerprint density at radius 2 is 2.22 bits per heavy atom. The highest BCUT2D eigenvalue weighted by molar-refractivity contribution is 6.30. The molecule has 2 heterocycles. The van der Waals surface area contributed by atoms with Gasteiger partial charge in [0, 0.05) is 17.6 Å². The van der Waals surface area contributed by atoms with Crippen molar-refractivity contribution in [1.82, 2.24) is 5.43 Å². The van der Waals surface area contributed by atoms with Crippen LogP contribution in [0.5, 0.6) is 0 Å². The van der Waals surface area contributed by atoms with E-state index in [0.717, 1.165) is 24.2 Å². The van der Waals surface area contributed by atoms with Gasteiger partial charge in [0.1, 0.15) is 12.2 Å². The molecule has 0 fully saturated rings. The van der Waals surface area contributed by atoms with Crippen molar-refractivity contribution in [3.8, 4) is 0 Å². The Hall–Kier alpha value is -1.63. The van der Waals surface area contributed by atoms with E-state index in [0.29, 0.717) is 17.1 Å². The maximum Gasteiger partial charge on any atom is 0.275 e. The molecule has 0 unspecified atom stereocenters. The van der Waals surface area contributed by atoms with Gasteiger partial charge in [0.15, 0.2) is 18.9 Å². The lowest BCUT2D eigenvalue weighted by Gasteiger charge is -2.20. The number of aliphatic hydroxyl groups excluding tert-OH is 1. The molecule has 0 radical (unpaired) electrons. The molecular formula is C16H17BrClN3O2. The number of aromatic nitrogens is 1. The number of rotatable bonds is 4. The van der Waals surface area contributed by atoms with Crippen LogP contribution >= 0.6 is 11.6 Å². The number of aliphatic hydroxyl groups is 1. The van der Waals surface area contributed by atoms with Crippen molar-refractivity contribution in [3.05, 3.63) is 58.9 Å². The second-order valence-corrected chi connectivity index (χ2v) is 5.61. The van der Waals surface area contributed by atoms with E-state index < -0.39 is 0 Å². The highest BCUT2D eigenvalue weighted by Crippen LogP contribution is 2.28. The minimum absolute atomic E-state index is 0. The first-order chi connectivity index (χ1) is 10.7. The van der Waals surface area contributed by atoms with Crippen LogP contribution in [0.3, 0.4) is 0 Å². The predicted octanol–water partition coefficient (Wildman–Crippen LogP) is -1.67. The van der Waals surface area contributed by atoms with Gasteiger partial charge in [-0.1, -0.05) is 11.6 Å². The van der Waals surface area contributed by atoms with E-state index in [-0.39, 0.29) is 29.5 Å². The maximum atomic E-state index is 12.4. The average Bonchev–Trinajstić information content (AvgIpc) is 2.90. The number of halogens is 2. The molecule has 1 aliphatic rings. The largest absolute Gasteiger partial charge is 1.00 e. The number of anilines is 1. The van der Waals surface area contributed by atoms with Crippen molar-refractivity contribution >= 4 is 23.2 Å². The smallest absolute Gasteiger partial charge is 0.275 e. The van der Waals surface area contributed by atoms with Gasteiger partial charge in [-0.2, -0.15) is 0 Å². The lowest BCUT2D eigenvalue weighted by molar-refractivity contribution is -0.698. The van der Waals surface area contributed by atoms with Crippen molar-refractivity contribution in [1.29, 1.82) is 0 Å². The zero-order valence-electron chi connectivity index (χ0n) is 12.4. The zero-order chi connectivity index (χ0) is 15.5. The Balaban J connectivity index is 0.00000192. The summed E-state index contributed by atoms with van der Waals surface area (Å²) in [7, 11) is 0. The second kappa shape index (κ2) is 7.77. The molecule has 1 aliphatic heterocycles. The van der Waals surface area contributed by atoms with E-state index >= 15 is 0 Å². The fourth-order valence-electron chi connectivity index (χ4n) is 2.58. The quantitative estimate of drug-likeness (QED) is 0.606. The minimum atomic E-state index is -0.171. The van der Waals surface area contributed by atoms with E-state index in [9.17, 15) is 4.79 Å². The third-order valence-electron chi connectivity index (χ3n) is 3.65. The topological polar surface area (TPSA) is 56.5 Å². The second-order valence-electron chi connectivity index (χ2n) is 5.17. The van der Waals surface area contributed by atoms with Crippen molar-refractivity contribution in [3.63, 3.8) is 0 Å². The Morgan fingerprint density at radius 3 is 3.00 bits per heavy atom. The number of benzene rings is 1. The normalized spacial score (nSPS) is 12.5. The van der Waals surface area contributed by atoms with Crippen LogP contribution in [-0.4, -0.2) is 24.2 Å². The van der Waals surface area contributed by atoms with Crippen LogP contribution in [0.15, 0.2) is 42.7 Å². The summed E-state index contributed by atoms with van der Waals surface area (Å²) in [6.07, 6.45) is 4.40. The summed E-state index contributed by atoms with van der Waals surface area (Å²) in [6.45, 7) is 1.23. The van der Waals surface area contributed by atoms with Gasteiger partial charge in [0.2, 0.25) is 0 Å². The van der Waals surface area contributed by atoms with E-state index in [2.05, 4.69) is 5.43 Å². The lowest BCUT2D eigenvalue weighted by Crippen LogP contribution is -3.00. The molecular weight excluding hydrogens is 382 g/mol. The number of nitrogens with zero attached hydrogens (tertiary/aromatic N) is 2. The van der Waals surface area contributed by atoms with Gasteiger partial charge in [0.05, 0.1) is 5.69 Å². The maximum absolute atomic E-state index is 12.4. The molecule has 23 heavy (non-hydrogen) atoms. The Bertz CT molecular complexity index is 711. The number of hydrogen-bond donors (Lipinski definition) is 2.